The lowest BCUT2D eigenvalue weighted by atomic mass is 9.93. The van der Waals surface area contributed by atoms with Gasteiger partial charge in [0.2, 0.25) is 0 Å². The van der Waals surface area contributed by atoms with Crippen LogP contribution in [-0.2, 0) is 6.54 Å². The van der Waals surface area contributed by atoms with Crippen molar-refractivity contribution < 1.29 is 0 Å². The van der Waals surface area contributed by atoms with Crippen LogP contribution in [-0.4, -0.2) is 6.54 Å². The van der Waals surface area contributed by atoms with Crippen molar-refractivity contribution in [3.05, 3.63) is 103 Å². The van der Waals surface area contributed by atoms with E-state index in [9.17, 15) is 0 Å². The van der Waals surface area contributed by atoms with Crippen molar-refractivity contribution in [1.29, 1.82) is 0 Å². The number of anilines is 1. The van der Waals surface area contributed by atoms with E-state index in [-0.39, 0.29) is 0 Å². The predicted octanol–water partition coefficient (Wildman–Crippen LogP) is 7.86. The first kappa shape index (κ1) is 20.4. The zero-order chi connectivity index (χ0) is 21.8. The van der Waals surface area contributed by atoms with E-state index in [1.165, 1.54) is 56.4 Å². The molecule has 0 unspecified atom stereocenters. The Labute approximate surface area is 190 Å². The Bertz CT molecular complexity index is 1320. The van der Waals surface area contributed by atoms with Crippen LogP contribution in [0.2, 0.25) is 0 Å². The van der Waals surface area contributed by atoms with Crippen LogP contribution in [0.4, 0.5) is 5.69 Å². The third kappa shape index (κ3) is 4.27. The first-order valence-electron chi connectivity index (χ1n) is 11.7. The van der Waals surface area contributed by atoms with Gasteiger partial charge in [0, 0.05) is 29.9 Å². The van der Waals surface area contributed by atoms with E-state index >= 15 is 0 Å². The highest BCUT2D eigenvalue weighted by Crippen LogP contribution is 2.37. The molecule has 160 valence electrons. The quantitative estimate of drug-likeness (QED) is 0.178. The smallest absolute Gasteiger partial charge is 0.0420 e. The fourth-order valence-electron chi connectivity index (χ4n) is 4.66. The molecule has 0 saturated carbocycles. The summed E-state index contributed by atoms with van der Waals surface area (Å²) in [6.45, 7) is 6.03. The molecule has 0 saturated heterocycles. The van der Waals surface area contributed by atoms with Crippen molar-refractivity contribution in [1.82, 2.24) is 5.32 Å². The molecule has 0 aromatic heterocycles. The Hall–Kier alpha value is -3.52. The maximum Gasteiger partial charge on any atom is 0.0420 e. The monoisotopic (exact) mass is 418 g/mol. The molecule has 0 heterocycles. The van der Waals surface area contributed by atoms with Gasteiger partial charge in [-0.25, -0.2) is 0 Å². The molecule has 0 aliphatic carbocycles. The molecule has 2 nitrogen and oxygen atoms in total. The molecule has 5 aromatic carbocycles. The number of benzene rings is 5. The van der Waals surface area contributed by atoms with E-state index < -0.39 is 0 Å². The molecule has 2 heteroatoms. The van der Waals surface area contributed by atoms with Gasteiger partial charge in [-0.3, -0.25) is 0 Å². The molecule has 5 aromatic rings. The van der Waals surface area contributed by atoms with Crippen molar-refractivity contribution in [3.8, 4) is 0 Å². The minimum Gasteiger partial charge on any atom is -0.385 e. The second kappa shape index (κ2) is 9.32. The molecular weight excluding hydrogens is 388 g/mol. The molecule has 0 amide bonds. The normalized spacial score (nSPS) is 11.4. The average molecular weight is 419 g/mol. The van der Waals surface area contributed by atoms with E-state index in [1.54, 1.807) is 0 Å². The Morgan fingerprint density at radius 2 is 1.38 bits per heavy atom. The first-order valence-corrected chi connectivity index (χ1v) is 11.7. The van der Waals surface area contributed by atoms with Crippen molar-refractivity contribution in [2.45, 2.75) is 32.2 Å². The van der Waals surface area contributed by atoms with Gasteiger partial charge < -0.3 is 10.6 Å². The summed E-state index contributed by atoms with van der Waals surface area (Å²) in [4.78, 5) is 0. The predicted molar refractivity (Wildman–Crippen MR) is 140 cm³/mol. The molecule has 0 aliphatic heterocycles. The number of unbranched alkanes of at least 4 members (excludes halogenated alkanes) is 2. The summed E-state index contributed by atoms with van der Waals surface area (Å²) >= 11 is 0. The molecule has 0 atom stereocenters. The van der Waals surface area contributed by atoms with Crippen LogP contribution in [0.25, 0.3) is 32.3 Å². The SMILES string of the molecule is C=C(CCCCCNc1ccc2ccc3cccc4ccc1c2c34)NCc1ccccc1. The fraction of sp³-hybridized carbons (Fsp3) is 0.200. The lowest BCUT2D eigenvalue weighted by Gasteiger charge is -2.15. The molecule has 2 N–H and O–H groups in total. The fourth-order valence-corrected chi connectivity index (χ4v) is 4.66. The minimum atomic E-state index is 0.857. The third-order valence-corrected chi connectivity index (χ3v) is 6.38. The summed E-state index contributed by atoms with van der Waals surface area (Å²) in [5.41, 5.74) is 3.67. The largest absolute Gasteiger partial charge is 0.385 e. The van der Waals surface area contributed by atoms with Crippen LogP contribution < -0.4 is 10.6 Å². The second-order valence-electron chi connectivity index (χ2n) is 8.65. The molecule has 0 fully saturated rings. The van der Waals surface area contributed by atoms with Gasteiger partial charge in [-0.2, -0.15) is 0 Å². The van der Waals surface area contributed by atoms with Crippen LogP contribution in [0.5, 0.6) is 0 Å². The highest BCUT2D eigenvalue weighted by Gasteiger charge is 2.10. The van der Waals surface area contributed by atoms with E-state index in [2.05, 4.69) is 102 Å². The minimum absolute atomic E-state index is 0.857. The van der Waals surface area contributed by atoms with Crippen LogP contribution in [0.15, 0.2) is 97.2 Å². The summed E-state index contributed by atoms with van der Waals surface area (Å²) in [6.07, 6.45) is 4.56. The maximum atomic E-state index is 4.18. The lowest BCUT2D eigenvalue weighted by molar-refractivity contribution is 0.658. The standard InChI is InChI=1S/C30H30N2/c1-22(32-21-23-10-5-2-6-11-23)9-4-3-7-20-31-28-19-17-26-15-14-24-12-8-13-25-16-18-27(28)30(26)29(24)25/h2,5-6,8,10-19,31-32H,1,3-4,7,9,20-21H2. The Kier molecular flexibility index (Phi) is 5.93. The third-order valence-electron chi connectivity index (χ3n) is 6.38. The highest BCUT2D eigenvalue weighted by atomic mass is 14.9. The van der Waals surface area contributed by atoms with E-state index in [0.717, 1.165) is 31.6 Å². The van der Waals surface area contributed by atoms with Gasteiger partial charge in [-0.15, -0.1) is 0 Å². The lowest BCUT2D eigenvalue weighted by Crippen LogP contribution is -2.11. The number of allylic oxidation sites excluding steroid dienone is 1. The van der Waals surface area contributed by atoms with Crippen LogP contribution >= 0.6 is 0 Å². The summed E-state index contributed by atoms with van der Waals surface area (Å²) in [5, 5.41) is 15.2. The van der Waals surface area contributed by atoms with Gasteiger partial charge in [0.15, 0.2) is 0 Å². The van der Waals surface area contributed by atoms with Crippen LogP contribution in [0.3, 0.4) is 0 Å². The molecule has 0 aliphatic rings. The molecular formula is C30H30N2. The van der Waals surface area contributed by atoms with Gasteiger partial charge in [0.05, 0.1) is 0 Å². The first-order chi connectivity index (χ1) is 15.8. The molecule has 0 spiro atoms. The molecule has 32 heavy (non-hydrogen) atoms. The van der Waals surface area contributed by atoms with Crippen LogP contribution in [0.1, 0.15) is 31.2 Å². The molecule has 0 radical (unpaired) electrons. The van der Waals surface area contributed by atoms with E-state index in [0.29, 0.717) is 0 Å². The zero-order valence-corrected chi connectivity index (χ0v) is 18.5. The van der Waals surface area contributed by atoms with Crippen molar-refractivity contribution in [3.63, 3.8) is 0 Å². The Balaban J connectivity index is 1.14. The zero-order valence-electron chi connectivity index (χ0n) is 18.5. The highest BCUT2D eigenvalue weighted by molar-refractivity contribution is 6.25. The number of hydrogen-bond donors (Lipinski definition) is 2. The molecule has 5 rings (SSSR count). The van der Waals surface area contributed by atoms with Crippen LogP contribution in [0, 0.1) is 0 Å². The van der Waals surface area contributed by atoms with Gasteiger partial charge in [-0.05, 0) is 57.8 Å². The van der Waals surface area contributed by atoms with Crippen molar-refractivity contribution in [2.75, 3.05) is 11.9 Å². The van der Waals surface area contributed by atoms with Crippen molar-refractivity contribution >= 4 is 38.0 Å². The second-order valence-corrected chi connectivity index (χ2v) is 8.65. The summed E-state index contributed by atoms with van der Waals surface area (Å²) in [6, 6.07) is 30.5. The van der Waals surface area contributed by atoms with Gasteiger partial charge in [0.25, 0.3) is 0 Å². The van der Waals surface area contributed by atoms with Crippen molar-refractivity contribution in [2.24, 2.45) is 0 Å². The average Bonchev–Trinajstić information content (AvgIpc) is 2.84. The topological polar surface area (TPSA) is 24.1 Å². The summed E-state index contributed by atoms with van der Waals surface area (Å²) < 4.78 is 0. The summed E-state index contributed by atoms with van der Waals surface area (Å²) in [5.74, 6) is 0. The van der Waals surface area contributed by atoms with Gasteiger partial charge in [0.1, 0.15) is 0 Å². The Morgan fingerprint density at radius 3 is 2.19 bits per heavy atom. The summed E-state index contributed by atoms with van der Waals surface area (Å²) in [7, 11) is 0. The maximum absolute atomic E-state index is 4.18. The van der Waals surface area contributed by atoms with E-state index in [4.69, 9.17) is 0 Å². The Morgan fingerprint density at radius 1 is 0.656 bits per heavy atom. The number of nitrogens with one attached hydrogen (secondary N) is 2. The van der Waals surface area contributed by atoms with Gasteiger partial charge in [-0.1, -0.05) is 91.9 Å². The molecule has 0 bridgehead atoms. The number of rotatable bonds is 10. The number of hydrogen-bond acceptors (Lipinski definition) is 2. The van der Waals surface area contributed by atoms with E-state index in [1.807, 2.05) is 0 Å². The van der Waals surface area contributed by atoms with Gasteiger partial charge >= 0.3 is 0 Å².